The van der Waals surface area contributed by atoms with Gasteiger partial charge in [0, 0.05) is 37.7 Å². The van der Waals surface area contributed by atoms with E-state index in [2.05, 4.69) is 18.8 Å². The molecule has 0 aliphatic carbocycles. The number of nitrogens with zero attached hydrogens (tertiary/aromatic N) is 2. The number of amides is 1. The van der Waals surface area contributed by atoms with Crippen LogP contribution < -0.4 is 9.47 Å². The van der Waals surface area contributed by atoms with E-state index in [1.807, 2.05) is 12.1 Å². The summed E-state index contributed by atoms with van der Waals surface area (Å²) in [6, 6.07) is 7.18. The fourth-order valence-electron chi connectivity index (χ4n) is 3.53. The molecule has 6 nitrogen and oxygen atoms in total. The van der Waals surface area contributed by atoms with E-state index in [-0.39, 0.29) is 12.0 Å². The van der Waals surface area contributed by atoms with Crippen LogP contribution in [0, 0.1) is 5.92 Å². The molecule has 7 heteroatoms. The molecule has 31 heavy (non-hydrogen) atoms. The first-order valence-electron chi connectivity index (χ1n) is 10.8. The normalized spacial score (nSPS) is 15.8. The summed E-state index contributed by atoms with van der Waals surface area (Å²) in [4.78, 5) is 19.4. The van der Waals surface area contributed by atoms with E-state index in [0.717, 1.165) is 31.4 Å². The summed E-state index contributed by atoms with van der Waals surface area (Å²) < 4.78 is 17.1. The third kappa shape index (κ3) is 6.58. The van der Waals surface area contributed by atoms with Gasteiger partial charge in [0.25, 0.3) is 5.91 Å². The molecule has 1 atom stereocenters. The maximum absolute atomic E-state index is 13.5. The minimum atomic E-state index is -0.131. The van der Waals surface area contributed by atoms with Gasteiger partial charge in [0.1, 0.15) is 0 Å². The molecule has 1 aromatic heterocycles. The van der Waals surface area contributed by atoms with Gasteiger partial charge in [-0.3, -0.25) is 9.78 Å². The average Bonchev–Trinajstić information content (AvgIpc) is 3.27. The van der Waals surface area contributed by atoms with Gasteiger partial charge in [0.05, 0.1) is 24.8 Å². The number of pyridine rings is 1. The van der Waals surface area contributed by atoms with Gasteiger partial charge < -0.3 is 19.1 Å². The summed E-state index contributed by atoms with van der Waals surface area (Å²) in [5.41, 5.74) is 1.42. The zero-order valence-corrected chi connectivity index (χ0v) is 19.2. The van der Waals surface area contributed by atoms with Crippen molar-refractivity contribution >= 4 is 17.5 Å². The number of benzene rings is 1. The Balaban J connectivity index is 1.82. The van der Waals surface area contributed by atoms with Crippen LogP contribution >= 0.6 is 11.6 Å². The van der Waals surface area contributed by atoms with Gasteiger partial charge in [-0.05, 0) is 48.9 Å². The van der Waals surface area contributed by atoms with Crippen molar-refractivity contribution in [3.05, 3.63) is 52.8 Å². The molecule has 1 saturated heterocycles. The van der Waals surface area contributed by atoms with E-state index in [1.165, 1.54) is 0 Å². The standard InChI is InChI=1S/C24H31ClN2O4/c1-17(2)8-11-31-23-21(25)12-19(13-22(23)29-3)24(28)27(16-20-7-5-10-30-20)15-18-6-4-9-26-14-18/h4,6,9,12-14,17,20H,5,7-8,10-11,15-16H2,1-3H3. The van der Waals surface area contributed by atoms with Gasteiger partial charge in [-0.25, -0.2) is 0 Å². The third-order valence-electron chi connectivity index (χ3n) is 5.25. The first-order valence-corrected chi connectivity index (χ1v) is 11.2. The summed E-state index contributed by atoms with van der Waals surface area (Å²) in [5, 5.41) is 0.366. The summed E-state index contributed by atoms with van der Waals surface area (Å²) in [6.07, 6.45) is 6.40. The number of halogens is 1. The van der Waals surface area contributed by atoms with Gasteiger partial charge in [-0.1, -0.05) is 31.5 Å². The molecule has 0 bridgehead atoms. The lowest BCUT2D eigenvalue weighted by molar-refractivity contribution is 0.0507. The SMILES string of the molecule is COc1cc(C(=O)N(Cc2cccnc2)CC2CCCO2)cc(Cl)c1OCCC(C)C. The predicted octanol–water partition coefficient (Wildman–Crippen LogP) is 4.99. The second kappa shape index (κ2) is 11.3. The highest BCUT2D eigenvalue weighted by Gasteiger charge is 2.25. The van der Waals surface area contributed by atoms with Crippen molar-refractivity contribution in [2.24, 2.45) is 5.92 Å². The van der Waals surface area contributed by atoms with Crippen molar-refractivity contribution in [3.8, 4) is 11.5 Å². The summed E-state index contributed by atoms with van der Waals surface area (Å²) in [5.74, 6) is 1.31. The quantitative estimate of drug-likeness (QED) is 0.514. The Labute approximate surface area is 189 Å². The van der Waals surface area contributed by atoms with Gasteiger partial charge >= 0.3 is 0 Å². The molecule has 0 radical (unpaired) electrons. The fourth-order valence-corrected chi connectivity index (χ4v) is 3.79. The Kier molecular flexibility index (Phi) is 8.55. The van der Waals surface area contributed by atoms with Crippen LogP contribution in [0.2, 0.25) is 5.02 Å². The number of rotatable bonds is 10. The molecular weight excluding hydrogens is 416 g/mol. The number of methoxy groups -OCH3 is 1. The van der Waals surface area contributed by atoms with Gasteiger partial charge in [-0.2, -0.15) is 0 Å². The van der Waals surface area contributed by atoms with Crippen molar-refractivity contribution in [1.29, 1.82) is 0 Å². The molecule has 0 spiro atoms. The molecule has 1 amide bonds. The molecule has 1 fully saturated rings. The largest absolute Gasteiger partial charge is 0.493 e. The smallest absolute Gasteiger partial charge is 0.254 e. The molecule has 1 aliphatic rings. The number of carbonyl (C=O) groups excluding carboxylic acids is 1. The van der Waals surface area contributed by atoms with Crippen molar-refractivity contribution in [2.75, 3.05) is 26.9 Å². The molecule has 0 saturated carbocycles. The Hall–Kier alpha value is -2.31. The van der Waals surface area contributed by atoms with Crippen LogP contribution in [0.5, 0.6) is 11.5 Å². The molecule has 0 N–H and O–H groups in total. The Bertz CT molecular complexity index is 854. The lowest BCUT2D eigenvalue weighted by Crippen LogP contribution is -2.37. The molecule has 168 valence electrons. The van der Waals surface area contributed by atoms with Crippen LogP contribution in [-0.4, -0.2) is 48.8 Å². The molecule has 1 aliphatic heterocycles. The van der Waals surface area contributed by atoms with E-state index in [0.29, 0.717) is 47.7 Å². The minimum Gasteiger partial charge on any atom is -0.493 e. The molecule has 2 heterocycles. The number of hydrogen-bond acceptors (Lipinski definition) is 5. The molecule has 1 aromatic carbocycles. The van der Waals surface area contributed by atoms with Crippen LogP contribution in [-0.2, 0) is 11.3 Å². The van der Waals surface area contributed by atoms with Crippen molar-refractivity contribution in [1.82, 2.24) is 9.88 Å². The van der Waals surface area contributed by atoms with E-state index in [9.17, 15) is 4.79 Å². The van der Waals surface area contributed by atoms with E-state index in [4.69, 9.17) is 25.8 Å². The number of carbonyl (C=O) groups is 1. The number of ether oxygens (including phenoxy) is 3. The summed E-state index contributed by atoms with van der Waals surface area (Å²) in [6.45, 7) is 6.50. The van der Waals surface area contributed by atoms with Crippen molar-refractivity contribution < 1.29 is 19.0 Å². The maximum atomic E-state index is 13.5. The summed E-state index contributed by atoms with van der Waals surface area (Å²) >= 11 is 6.50. The number of aromatic nitrogens is 1. The highest BCUT2D eigenvalue weighted by Crippen LogP contribution is 2.37. The van der Waals surface area contributed by atoms with Gasteiger partial charge in [0.15, 0.2) is 11.5 Å². The lowest BCUT2D eigenvalue weighted by atomic mass is 10.1. The first-order chi connectivity index (χ1) is 15.0. The van der Waals surface area contributed by atoms with Crippen LogP contribution in [0.1, 0.15) is 49.0 Å². The summed E-state index contributed by atoms with van der Waals surface area (Å²) in [7, 11) is 1.55. The zero-order valence-electron chi connectivity index (χ0n) is 18.5. The van der Waals surface area contributed by atoms with Gasteiger partial charge in [-0.15, -0.1) is 0 Å². The number of hydrogen-bond donors (Lipinski definition) is 0. The van der Waals surface area contributed by atoms with E-state index < -0.39 is 0 Å². The Morgan fingerprint density at radius 2 is 2.23 bits per heavy atom. The second-order valence-corrected chi connectivity index (χ2v) is 8.61. The second-order valence-electron chi connectivity index (χ2n) is 8.20. The minimum absolute atomic E-state index is 0.0385. The maximum Gasteiger partial charge on any atom is 0.254 e. The third-order valence-corrected chi connectivity index (χ3v) is 5.53. The zero-order chi connectivity index (χ0) is 22.2. The first kappa shape index (κ1) is 23.4. The van der Waals surface area contributed by atoms with Crippen molar-refractivity contribution in [3.63, 3.8) is 0 Å². The molecule has 2 aromatic rings. The molecular formula is C24H31ClN2O4. The van der Waals surface area contributed by atoms with Gasteiger partial charge in [0.2, 0.25) is 0 Å². The van der Waals surface area contributed by atoms with Crippen LogP contribution in [0.15, 0.2) is 36.7 Å². The molecule has 1 unspecified atom stereocenters. The lowest BCUT2D eigenvalue weighted by Gasteiger charge is -2.26. The highest BCUT2D eigenvalue weighted by atomic mass is 35.5. The highest BCUT2D eigenvalue weighted by molar-refractivity contribution is 6.32. The Morgan fingerprint density at radius 1 is 1.39 bits per heavy atom. The average molecular weight is 447 g/mol. The van der Waals surface area contributed by atoms with E-state index in [1.54, 1.807) is 36.5 Å². The Morgan fingerprint density at radius 3 is 2.87 bits per heavy atom. The van der Waals surface area contributed by atoms with Crippen molar-refractivity contribution in [2.45, 2.75) is 45.8 Å². The monoisotopic (exact) mass is 446 g/mol. The van der Waals surface area contributed by atoms with Crippen LogP contribution in [0.3, 0.4) is 0 Å². The van der Waals surface area contributed by atoms with Crippen LogP contribution in [0.25, 0.3) is 0 Å². The topological polar surface area (TPSA) is 60.9 Å². The predicted molar refractivity (Wildman–Crippen MR) is 121 cm³/mol. The van der Waals surface area contributed by atoms with E-state index >= 15 is 0 Å². The molecule has 3 rings (SSSR count). The van der Waals surface area contributed by atoms with Crippen LogP contribution in [0.4, 0.5) is 0 Å². The fraction of sp³-hybridized carbons (Fsp3) is 0.500.